The number of esters is 1. The maximum atomic E-state index is 11.7. The third-order valence-corrected chi connectivity index (χ3v) is 2.77. The predicted octanol–water partition coefficient (Wildman–Crippen LogP) is 0.656. The number of rotatable bonds is 2. The number of benzene rings is 1. The van der Waals surface area contributed by atoms with Crippen molar-refractivity contribution in [3.63, 3.8) is 0 Å². The van der Waals surface area contributed by atoms with Crippen molar-refractivity contribution in [2.45, 2.75) is 12.5 Å². The molecule has 1 atom stereocenters. The van der Waals surface area contributed by atoms with Crippen molar-refractivity contribution >= 4 is 17.6 Å². The van der Waals surface area contributed by atoms with Gasteiger partial charge < -0.3 is 15.4 Å². The molecule has 1 heterocycles. The highest BCUT2D eigenvalue weighted by molar-refractivity contribution is 5.93. The summed E-state index contributed by atoms with van der Waals surface area (Å²) in [6.07, 6.45) is -0.0965. The molecule has 2 N–H and O–H groups in total. The minimum absolute atomic E-state index is 0.145. The summed E-state index contributed by atoms with van der Waals surface area (Å²) >= 11 is 0. The quantitative estimate of drug-likeness (QED) is 0.602. The van der Waals surface area contributed by atoms with E-state index < -0.39 is 12.1 Å². The lowest BCUT2D eigenvalue weighted by molar-refractivity contribution is -0.133. The molecular weight excluding hydrogens is 220 g/mol. The summed E-state index contributed by atoms with van der Waals surface area (Å²) in [5.74, 6) is -0.632. The molecule has 1 fully saturated rings. The van der Waals surface area contributed by atoms with Crippen molar-refractivity contribution in [3.05, 3.63) is 29.8 Å². The number of hydrogen-bond donors (Lipinski definition) is 1. The number of likely N-dealkylation sites (tertiary alicyclic amines) is 1. The third kappa shape index (κ3) is 2.38. The SMILES string of the molecule is CN1CCC(OC(=O)c2ccc(N)cc2)C1=O. The second-order valence-electron chi connectivity index (χ2n) is 4.06. The normalized spacial score (nSPS) is 19.5. The first kappa shape index (κ1) is 11.4. The van der Waals surface area contributed by atoms with Gasteiger partial charge in [0.2, 0.25) is 0 Å². The Morgan fingerprint density at radius 1 is 1.41 bits per heavy atom. The topological polar surface area (TPSA) is 72.6 Å². The van der Waals surface area contributed by atoms with E-state index in [9.17, 15) is 9.59 Å². The van der Waals surface area contributed by atoms with Crippen molar-refractivity contribution in [1.29, 1.82) is 0 Å². The average molecular weight is 234 g/mol. The molecule has 1 amide bonds. The van der Waals surface area contributed by atoms with Gasteiger partial charge in [-0.15, -0.1) is 0 Å². The Bertz CT molecular complexity index is 442. The van der Waals surface area contributed by atoms with Crippen LogP contribution < -0.4 is 5.73 Å². The minimum Gasteiger partial charge on any atom is -0.449 e. The van der Waals surface area contributed by atoms with Crippen molar-refractivity contribution in [3.8, 4) is 0 Å². The van der Waals surface area contributed by atoms with Gasteiger partial charge in [-0.05, 0) is 24.3 Å². The van der Waals surface area contributed by atoms with E-state index in [0.29, 0.717) is 24.2 Å². The standard InChI is InChI=1S/C12H14N2O3/c1-14-7-6-10(11(14)15)17-12(16)8-2-4-9(13)5-3-8/h2-5,10H,6-7,13H2,1H3. The maximum Gasteiger partial charge on any atom is 0.338 e. The number of nitrogens with two attached hydrogens (primary N) is 1. The molecule has 17 heavy (non-hydrogen) atoms. The number of hydrogen-bond acceptors (Lipinski definition) is 4. The lowest BCUT2D eigenvalue weighted by Gasteiger charge is -2.11. The van der Waals surface area contributed by atoms with Gasteiger partial charge >= 0.3 is 5.97 Å². The molecule has 0 radical (unpaired) electrons. The zero-order valence-electron chi connectivity index (χ0n) is 9.55. The zero-order valence-corrected chi connectivity index (χ0v) is 9.55. The second kappa shape index (κ2) is 4.45. The van der Waals surface area contributed by atoms with E-state index in [1.165, 1.54) is 0 Å². The molecule has 1 saturated heterocycles. The molecule has 1 aromatic rings. The fourth-order valence-electron chi connectivity index (χ4n) is 1.72. The van der Waals surface area contributed by atoms with Gasteiger partial charge in [0.25, 0.3) is 5.91 Å². The largest absolute Gasteiger partial charge is 0.449 e. The fourth-order valence-corrected chi connectivity index (χ4v) is 1.72. The van der Waals surface area contributed by atoms with Gasteiger partial charge in [-0.3, -0.25) is 4.79 Å². The van der Waals surface area contributed by atoms with Gasteiger partial charge in [-0.25, -0.2) is 4.79 Å². The Kier molecular flexibility index (Phi) is 2.99. The van der Waals surface area contributed by atoms with Crippen LogP contribution in [0.1, 0.15) is 16.8 Å². The molecule has 1 unspecified atom stereocenters. The van der Waals surface area contributed by atoms with E-state index in [2.05, 4.69) is 0 Å². The predicted molar refractivity (Wildman–Crippen MR) is 62.3 cm³/mol. The van der Waals surface area contributed by atoms with Crippen LogP contribution in [-0.2, 0) is 9.53 Å². The first-order valence-electron chi connectivity index (χ1n) is 5.39. The Morgan fingerprint density at radius 2 is 2.06 bits per heavy atom. The van der Waals surface area contributed by atoms with Crippen LogP contribution in [0, 0.1) is 0 Å². The highest BCUT2D eigenvalue weighted by Crippen LogP contribution is 2.15. The first-order valence-corrected chi connectivity index (χ1v) is 5.39. The van der Waals surface area contributed by atoms with Crippen LogP contribution in [0.15, 0.2) is 24.3 Å². The first-order chi connectivity index (χ1) is 8.08. The van der Waals surface area contributed by atoms with Crippen LogP contribution in [-0.4, -0.2) is 36.5 Å². The van der Waals surface area contributed by atoms with Gasteiger partial charge in [-0.2, -0.15) is 0 Å². The fraction of sp³-hybridized carbons (Fsp3) is 0.333. The van der Waals surface area contributed by atoms with E-state index in [1.54, 1.807) is 36.2 Å². The van der Waals surface area contributed by atoms with Crippen LogP contribution >= 0.6 is 0 Å². The Morgan fingerprint density at radius 3 is 2.59 bits per heavy atom. The van der Waals surface area contributed by atoms with E-state index in [4.69, 9.17) is 10.5 Å². The third-order valence-electron chi connectivity index (χ3n) is 2.77. The molecular formula is C12H14N2O3. The van der Waals surface area contributed by atoms with Crippen LogP contribution in [0.4, 0.5) is 5.69 Å². The number of amides is 1. The highest BCUT2D eigenvalue weighted by atomic mass is 16.5. The summed E-state index contributed by atoms with van der Waals surface area (Å²) in [7, 11) is 1.69. The van der Waals surface area contributed by atoms with Gasteiger partial charge in [0.05, 0.1) is 5.56 Å². The molecule has 0 aromatic heterocycles. The lowest BCUT2D eigenvalue weighted by Crippen LogP contribution is -2.29. The number of carbonyl (C=O) groups is 2. The molecule has 1 aliphatic rings. The molecule has 0 aliphatic carbocycles. The summed E-state index contributed by atoms with van der Waals surface area (Å²) in [4.78, 5) is 24.8. The number of nitrogen functional groups attached to an aromatic ring is 1. The van der Waals surface area contributed by atoms with Gasteiger partial charge in [-0.1, -0.05) is 0 Å². The number of nitrogens with zero attached hydrogens (tertiary/aromatic N) is 1. The summed E-state index contributed by atoms with van der Waals surface area (Å²) in [6, 6.07) is 6.42. The lowest BCUT2D eigenvalue weighted by atomic mass is 10.2. The van der Waals surface area contributed by atoms with Crippen LogP contribution in [0.5, 0.6) is 0 Å². The Balaban J connectivity index is 2.02. The molecule has 1 aromatic carbocycles. The van der Waals surface area contributed by atoms with Crippen LogP contribution in [0.25, 0.3) is 0 Å². The Hall–Kier alpha value is -2.04. The zero-order chi connectivity index (χ0) is 12.4. The Labute approximate surface area is 99.2 Å². The highest BCUT2D eigenvalue weighted by Gasteiger charge is 2.32. The van der Waals surface area contributed by atoms with Crippen LogP contribution in [0.2, 0.25) is 0 Å². The molecule has 1 aliphatic heterocycles. The van der Waals surface area contributed by atoms with Crippen molar-refractivity contribution in [1.82, 2.24) is 4.90 Å². The summed E-state index contributed by atoms with van der Waals surface area (Å²) in [6.45, 7) is 0.624. The van der Waals surface area contributed by atoms with E-state index in [-0.39, 0.29) is 5.91 Å². The molecule has 0 bridgehead atoms. The number of ether oxygens (including phenoxy) is 1. The van der Waals surface area contributed by atoms with Gasteiger partial charge in [0.15, 0.2) is 6.10 Å². The summed E-state index contributed by atoms with van der Waals surface area (Å²) < 4.78 is 5.15. The maximum absolute atomic E-state index is 11.7. The van der Waals surface area contributed by atoms with Crippen LogP contribution in [0.3, 0.4) is 0 Å². The summed E-state index contributed by atoms with van der Waals surface area (Å²) in [5.41, 5.74) is 6.50. The molecule has 5 nitrogen and oxygen atoms in total. The molecule has 5 heteroatoms. The number of likely N-dealkylation sites (N-methyl/N-ethyl adjacent to an activating group) is 1. The smallest absolute Gasteiger partial charge is 0.338 e. The average Bonchev–Trinajstić information content (AvgIpc) is 2.62. The molecule has 90 valence electrons. The van der Waals surface area contributed by atoms with Crippen molar-refractivity contribution < 1.29 is 14.3 Å². The molecule has 2 rings (SSSR count). The van der Waals surface area contributed by atoms with E-state index in [1.807, 2.05) is 0 Å². The van der Waals surface area contributed by atoms with E-state index >= 15 is 0 Å². The molecule has 0 saturated carbocycles. The van der Waals surface area contributed by atoms with E-state index in [0.717, 1.165) is 0 Å². The minimum atomic E-state index is -0.648. The molecule has 0 spiro atoms. The number of anilines is 1. The van der Waals surface area contributed by atoms with Crippen molar-refractivity contribution in [2.75, 3.05) is 19.3 Å². The summed E-state index contributed by atoms with van der Waals surface area (Å²) in [5, 5.41) is 0. The van der Waals surface area contributed by atoms with Gasteiger partial charge in [0, 0.05) is 25.7 Å². The monoisotopic (exact) mass is 234 g/mol. The van der Waals surface area contributed by atoms with Crippen molar-refractivity contribution in [2.24, 2.45) is 0 Å². The number of carbonyl (C=O) groups excluding carboxylic acids is 2. The second-order valence-corrected chi connectivity index (χ2v) is 4.06. The van der Waals surface area contributed by atoms with Gasteiger partial charge in [0.1, 0.15) is 0 Å².